The monoisotopic (exact) mass is 340 g/mol. The van der Waals surface area contributed by atoms with E-state index in [0.29, 0.717) is 17.9 Å². The molecule has 0 aliphatic rings. The average molecular weight is 341 g/mol. The Hall–Kier alpha value is -1.63. The second-order valence-corrected chi connectivity index (χ2v) is 5.83. The van der Waals surface area contributed by atoms with Gasteiger partial charge in [-0.1, -0.05) is 6.92 Å². The smallest absolute Gasteiger partial charge is 0.329 e. The van der Waals surface area contributed by atoms with Crippen molar-refractivity contribution in [3.63, 3.8) is 0 Å². The summed E-state index contributed by atoms with van der Waals surface area (Å²) in [6, 6.07) is 1.79. The van der Waals surface area contributed by atoms with Gasteiger partial charge in [-0.3, -0.25) is 0 Å². The molecule has 7 heteroatoms. The molecule has 0 aliphatic carbocycles. The van der Waals surface area contributed by atoms with Crippen LogP contribution in [0.4, 0.5) is 5.82 Å². The first kappa shape index (κ1) is 14.8. The van der Waals surface area contributed by atoms with Crippen molar-refractivity contribution in [2.24, 2.45) is 0 Å². The first-order chi connectivity index (χ1) is 9.28. The van der Waals surface area contributed by atoms with Gasteiger partial charge in [-0.05, 0) is 43.1 Å². The largest absolute Gasteiger partial charge is 0.480 e. The number of anilines is 1. The number of hydrogen-bond acceptors (Lipinski definition) is 4. The number of rotatable bonds is 4. The third kappa shape index (κ3) is 2.37. The quantitative estimate of drug-likeness (QED) is 0.894. The van der Waals surface area contributed by atoms with Gasteiger partial charge in [0.1, 0.15) is 11.4 Å². The molecule has 0 saturated carbocycles. The van der Waals surface area contributed by atoms with Crippen LogP contribution < -0.4 is 5.32 Å². The van der Waals surface area contributed by atoms with E-state index >= 15 is 0 Å². The Morgan fingerprint density at radius 1 is 1.55 bits per heavy atom. The molecule has 0 saturated heterocycles. The van der Waals surface area contributed by atoms with Crippen LogP contribution in [0.2, 0.25) is 0 Å². The van der Waals surface area contributed by atoms with Gasteiger partial charge in [0.2, 0.25) is 0 Å². The molecule has 0 amide bonds. The lowest BCUT2D eigenvalue weighted by Gasteiger charge is -2.26. The van der Waals surface area contributed by atoms with E-state index in [1.54, 1.807) is 17.5 Å². The number of nitrogens with one attached hydrogen (secondary N) is 1. The van der Waals surface area contributed by atoms with E-state index < -0.39 is 11.5 Å². The maximum absolute atomic E-state index is 11.4. The van der Waals surface area contributed by atoms with Crippen molar-refractivity contribution in [1.29, 1.82) is 0 Å². The number of aliphatic carboxylic acids is 1. The second-order valence-electron chi connectivity index (χ2n) is 5.03. The topological polar surface area (TPSA) is 79.5 Å². The van der Waals surface area contributed by atoms with Crippen LogP contribution in [0, 0.1) is 13.8 Å². The predicted octanol–water partition coefficient (Wildman–Crippen LogP) is 2.77. The maximum Gasteiger partial charge on any atom is 0.329 e. The van der Waals surface area contributed by atoms with Gasteiger partial charge < -0.3 is 10.4 Å². The van der Waals surface area contributed by atoms with Crippen molar-refractivity contribution < 1.29 is 9.90 Å². The molecule has 2 rings (SSSR count). The highest BCUT2D eigenvalue weighted by Crippen LogP contribution is 2.26. The molecule has 0 radical (unpaired) electrons. The Morgan fingerprint density at radius 3 is 2.75 bits per heavy atom. The fourth-order valence-corrected chi connectivity index (χ4v) is 2.22. The zero-order valence-electron chi connectivity index (χ0n) is 11.9. The molecule has 1 unspecified atom stereocenters. The summed E-state index contributed by atoms with van der Waals surface area (Å²) in [5.74, 6) is -0.279. The summed E-state index contributed by atoms with van der Waals surface area (Å²) in [6.45, 7) is 7.22. The van der Waals surface area contributed by atoms with Gasteiger partial charge in [0.05, 0.1) is 10.2 Å². The standard InChI is InChI=1S/C13H17BrN4O2/c1-5-13(4,12(19)20)16-9-6-7(2)15-11-10(14)8(3)17-18(9)11/h6,16H,5H2,1-4H3,(H,19,20). The number of aryl methyl sites for hydroxylation is 2. The normalized spacial score (nSPS) is 14.2. The van der Waals surface area contributed by atoms with Gasteiger partial charge in [-0.2, -0.15) is 9.61 Å². The van der Waals surface area contributed by atoms with E-state index in [-0.39, 0.29) is 0 Å². The third-order valence-electron chi connectivity index (χ3n) is 3.40. The molecule has 2 N–H and O–H groups in total. The fourth-order valence-electron chi connectivity index (χ4n) is 1.88. The number of halogens is 1. The van der Waals surface area contributed by atoms with Crippen LogP contribution in [0.25, 0.3) is 5.65 Å². The minimum Gasteiger partial charge on any atom is -0.480 e. The van der Waals surface area contributed by atoms with Crippen LogP contribution in [-0.2, 0) is 4.79 Å². The molecule has 1 atom stereocenters. The van der Waals surface area contributed by atoms with Crippen LogP contribution in [0.1, 0.15) is 31.7 Å². The van der Waals surface area contributed by atoms with E-state index in [9.17, 15) is 9.90 Å². The zero-order valence-corrected chi connectivity index (χ0v) is 13.4. The first-order valence-electron chi connectivity index (χ1n) is 6.32. The Morgan fingerprint density at radius 2 is 2.20 bits per heavy atom. The van der Waals surface area contributed by atoms with Crippen LogP contribution in [0.5, 0.6) is 0 Å². The number of hydrogen-bond donors (Lipinski definition) is 2. The Bertz CT molecular complexity index is 683. The summed E-state index contributed by atoms with van der Waals surface area (Å²) in [7, 11) is 0. The van der Waals surface area contributed by atoms with Crippen molar-refractivity contribution in [3.05, 3.63) is 21.9 Å². The van der Waals surface area contributed by atoms with Crippen LogP contribution in [-0.4, -0.2) is 31.2 Å². The summed E-state index contributed by atoms with van der Waals surface area (Å²) in [4.78, 5) is 15.9. The number of carbonyl (C=O) groups is 1. The molecular weight excluding hydrogens is 324 g/mol. The molecule has 6 nitrogen and oxygen atoms in total. The van der Waals surface area contributed by atoms with E-state index in [0.717, 1.165) is 15.9 Å². The van der Waals surface area contributed by atoms with Gasteiger partial charge in [-0.15, -0.1) is 0 Å². The van der Waals surface area contributed by atoms with E-state index in [1.807, 2.05) is 20.8 Å². The summed E-state index contributed by atoms with van der Waals surface area (Å²) in [5.41, 5.74) is 1.23. The highest BCUT2D eigenvalue weighted by Gasteiger charge is 2.32. The zero-order chi connectivity index (χ0) is 15.1. The molecule has 0 spiro atoms. The van der Waals surface area contributed by atoms with Crippen LogP contribution >= 0.6 is 15.9 Å². The summed E-state index contributed by atoms with van der Waals surface area (Å²) in [6.07, 6.45) is 0.451. The van der Waals surface area contributed by atoms with Crippen LogP contribution in [0.3, 0.4) is 0 Å². The predicted molar refractivity (Wildman–Crippen MR) is 80.1 cm³/mol. The highest BCUT2D eigenvalue weighted by molar-refractivity contribution is 9.10. The molecule has 20 heavy (non-hydrogen) atoms. The lowest BCUT2D eigenvalue weighted by molar-refractivity contribution is -0.141. The van der Waals surface area contributed by atoms with Crippen molar-refractivity contribution in [1.82, 2.24) is 14.6 Å². The Kier molecular flexibility index (Phi) is 3.73. The lowest BCUT2D eigenvalue weighted by Crippen LogP contribution is -2.43. The molecule has 0 fully saturated rings. The summed E-state index contributed by atoms with van der Waals surface area (Å²) >= 11 is 3.45. The van der Waals surface area contributed by atoms with Gasteiger partial charge >= 0.3 is 5.97 Å². The average Bonchev–Trinajstić information content (AvgIpc) is 2.66. The van der Waals surface area contributed by atoms with Crippen LogP contribution in [0.15, 0.2) is 10.5 Å². The van der Waals surface area contributed by atoms with Gasteiger partial charge in [-0.25, -0.2) is 9.78 Å². The van der Waals surface area contributed by atoms with E-state index in [1.165, 1.54) is 0 Å². The molecule has 0 bridgehead atoms. The van der Waals surface area contributed by atoms with Gasteiger partial charge in [0.15, 0.2) is 5.65 Å². The fraction of sp³-hybridized carbons (Fsp3) is 0.462. The molecule has 0 aliphatic heterocycles. The third-order valence-corrected chi connectivity index (χ3v) is 4.33. The lowest BCUT2D eigenvalue weighted by atomic mass is 9.99. The Labute approximate surface area is 125 Å². The molecule has 2 heterocycles. The number of nitrogens with zero attached hydrogens (tertiary/aromatic N) is 3. The maximum atomic E-state index is 11.4. The van der Waals surface area contributed by atoms with Crippen molar-refractivity contribution >= 4 is 33.4 Å². The molecule has 2 aromatic heterocycles. The van der Waals surface area contributed by atoms with Gasteiger partial charge in [0, 0.05) is 11.8 Å². The van der Waals surface area contributed by atoms with Crippen molar-refractivity contribution in [2.45, 2.75) is 39.7 Å². The number of fused-ring (bicyclic) bond motifs is 1. The number of carboxylic acid groups (broad SMARTS) is 1. The molecule has 2 aromatic rings. The van der Waals surface area contributed by atoms with E-state index in [4.69, 9.17) is 0 Å². The SMILES string of the molecule is CCC(C)(Nc1cc(C)nc2c(Br)c(C)nn12)C(=O)O. The minimum absolute atomic E-state index is 0.451. The summed E-state index contributed by atoms with van der Waals surface area (Å²) in [5, 5.41) is 16.8. The molecular formula is C13H17BrN4O2. The second kappa shape index (κ2) is 5.05. The molecule has 0 aromatic carbocycles. The number of carboxylic acids is 1. The van der Waals surface area contributed by atoms with E-state index in [2.05, 4.69) is 31.3 Å². The first-order valence-corrected chi connectivity index (χ1v) is 7.12. The highest BCUT2D eigenvalue weighted by atomic mass is 79.9. The number of aromatic nitrogens is 3. The van der Waals surface area contributed by atoms with Crippen molar-refractivity contribution in [2.75, 3.05) is 5.32 Å². The van der Waals surface area contributed by atoms with Crippen molar-refractivity contribution in [3.8, 4) is 0 Å². The molecule has 108 valence electrons. The Balaban J connectivity index is 2.60. The summed E-state index contributed by atoms with van der Waals surface area (Å²) < 4.78 is 2.45. The van der Waals surface area contributed by atoms with Gasteiger partial charge in [0.25, 0.3) is 0 Å². The minimum atomic E-state index is -1.05.